The first kappa shape index (κ1) is 21.2. The zero-order valence-electron chi connectivity index (χ0n) is 18.1. The molecule has 0 aliphatic rings. The third-order valence-electron chi connectivity index (χ3n) is 5.40. The Morgan fingerprint density at radius 1 is 0.909 bits per heavy atom. The van der Waals surface area contributed by atoms with Gasteiger partial charge in [-0.3, -0.25) is 9.36 Å². The molecule has 5 aromatic rings. The average molecular weight is 455 g/mol. The van der Waals surface area contributed by atoms with E-state index in [-0.39, 0.29) is 5.56 Å². The Balaban J connectivity index is 1.41. The van der Waals surface area contributed by atoms with Crippen molar-refractivity contribution < 1.29 is 4.52 Å². The van der Waals surface area contributed by atoms with Crippen molar-refractivity contribution in [1.82, 2.24) is 19.7 Å². The molecular formula is C26H22N4O2S. The van der Waals surface area contributed by atoms with E-state index in [0.717, 1.165) is 12.0 Å². The van der Waals surface area contributed by atoms with Crippen LogP contribution in [0.4, 0.5) is 0 Å². The normalized spacial score (nSPS) is 11.2. The summed E-state index contributed by atoms with van der Waals surface area (Å²) in [5, 5.41) is 5.37. The number of para-hydroxylation sites is 1. The fourth-order valence-corrected chi connectivity index (χ4v) is 4.46. The molecule has 0 aliphatic carbocycles. The summed E-state index contributed by atoms with van der Waals surface area (Å²) >= 11 is 1.43. The van der Waals surface area contributed by atoms with Gasteiger partial charge in [0.2, 0.25) is 11.7 Å². The highest BCUT2D eigenvalue weighted by molar-refractivity contribution is 7.98. The highest BCUT2D eigenvalue weighted by Crippen LogP contribution is 2.24. The highest BCUT2D eigenvalue weighted by atomic mass is 32.2. The van der Waals surface area contributed by atoms with Crippen molar-refractivity contribution >= 4 is 22.7 Å². The van der Waals surface area contributed by atoms with Crippen LogP contribution < -0.4 is 5.56 Å². The molecule has 2 aromatic heterocycles. The Bertz CT molecular complexity index is 1440. The van der Waals surface area contributed by atoms with Crippen LogP contribution in [0.15, 0.2) is 93.3 Å². The maximum atomic E-state index is 13.3. The summed E-state index contributed by atoms with van der Waals surface area (Å²) < 4.78 is 7.21. The topological polar surface area (TPSA) is 73.8 Å². The molecule has 164 valence electrons. The van der Waals surface area contributed by atoms with Crippen molar-refractivity contribution in [1.29, 1.82) is 0 Å². The molecule has 0 radical (unpaired) electrons. The third-order valence-corrected chi connectivity index (χ3v) is 6.36. The van der Waals surface area contributed by atoms with Gasteiger partial charge in [0.05, 0.1) is 16.7 Å². The van der Waals surface area contributed by atoms with Gasteiger partial charge in [-0.1, -0.05) is 89.2 Å². The average Bonchev–Trinajstić information content (AvgIpc) is 3.32. The molecule has 6 nitrogen and oxygen atoms in total. The molecule has 0 bridgehead atoms. The van der Waals surface area contributed by atoms with Gasteiger partial charge in [-0.25, -0.2) is 4.98 Å². The van der Waals surface area contributed by atoms with Crippen LogP contribution in [0.25, 0.3) is 22.3 Å². The van der Waals surface area contributed by atoms with E-state index in [2.05, 4.69) is 22.3 Å². The summed E-state index contributed by atoms with van der Waals surface area (Å²) in [6.07, 6.45) is 0.743. The van der Waals surface area contributed by atoms with Crippen molar-refractivity contribution in [3.05, 3.63) is 106 Å². The molecule has 0 aliphatic heterocycles. The Morgan fingerprint density at radius 3 is 2.48 bits per heavy atom. The monoisotopic (exact) mass is 454 g/mol. The minimum Gasteiger partial charge on any atom is -0.338 e. The predicted octanol–water partition coefficient (Wildman–Crippen LogP) is 5.29. The molecule has 33 heavy (non-hydrogen) atoms. The van der Waals surface area contributed by atoms with E-state index < -0.39 is 0 Å². The first-order chi connectivity index (χ1) is 16.2. The quantitative estimate of drug-likeness (QED) is 0.246. The van der Waals surface area contributed by atoms with E-state index in [0.29, 0.717) is 40.1 Å². The van der Waals surface area contributed by atoms with Crippen molar-refractivity contribution in [3.8, 4) is 11.4 Å². The molecule has 7 heteroatoms. The van der Waals surface area contributed by atoms with Crippen LogP contribution in [0.5, 0.6) is 0 Å². The van der Waals surface area contributed by atoms with Crippen LogP contribution in [-0.4, -0.2) is 19.7 Å². The van der Waals surface area contributed by atoms with Gasteiger partial charge < -0.3 is 4.52 Å². The molecule has 0 fully saturated rings. The van der Waals surface area contributed by atoms with E-state index in [4.69, 9.17) is 9.51 Å². The minimum absolute atomic E-state index is 0.0371. The van der Waals surface area contributed by atoms with Crippen LogP contribution in [0, 0.1) is 6.92 Å². The summed E-state index contributed by atoms with van der Waals surface area (Å²) in [4.78, 5) is 22.6. The molecule has 0 saturated carbocycles. The number of aryl methyl sites for hydroxylation is 2. The Labute approximate surface area is 195 Å². The minimum atomic E-state index is -0.0371. The largest absolute Gasteiger partial charge is 0.338 e. The summed E-state index contributed by atoms with van der Waals surface area (Å²) in [7, 11) is 0. The van der Waals surface area contributed by atoms with Gasteiger partial charge >= 0.3 is 0 Å². The first-order valence-corrected chi connectivity index (χ1v) is 11.7. The van der Waals surface area contributed by atoms with E-state index >= 15 is 0 Å². The second-order valence-electron chi connectivity index (χ2n) is 7.77. The van der Waals surface area contributed by atoms with E-state index in [1.807, 2.05) is 73.7 Å². The molecular weight excluding hydrogens is 432 g/mol. The fourth-order valence-electron chi connectivity index (χ4n) is 3.60. The fraction of sp³-hybridized carbons (Fsp3) is 0.154. The number of hydrogen-bond donors (Lipinski definition) is 0. The standard InChI is InChI=1S/C26H22N4O2S/c1-18-11-13-20(14-12-18)24-28-23(32-29-24)17-33-26-27-22-10-6-5-9-21(22)25(31)30(26)16-15-19-7-3-2-4-8-19/h2-14H,15-17H2,1H3. The van der Waals surface area contributed by atoms with E-state index in [1.54, 1.807) is 4.57 Å². The van der Waals surface area contributed by atoms with Crippen molar-refractivity contribution in [3.63, 3.8) is 0 Å². The molecule has 3 aromatic carbocycles. The van der Waals surface area contributed by atoms with Gasteiger partial charge in [0.1, 0.15) is 0 Å². The highest BCUT2D eigenvalue weighted by Gasteiger charge is 2.14. The van der Waals surface area contributed by atoms with Crippen molar-refractivity contribution in [2.75, 3.05) is 0 Å². The lowest BCUT2D eigenvalue weighted by atomic mass is 10.1. The second-order valence-corrected chi connectivity index (χ2v) is 8.71. The Hall–Kier alpha value is -3.71. The lowest BCUT2D eigenvalue weighted by Gasteiger charge is -2.12. The lowest BCUT2D eigenvalue weighted by molar-refractivity contribution is 0.391. The number of hydrogen-bond acceptors (Lipinski definition) is 6. The van der Waals surface area contributed by atoms with Gasteiger partial charge in [0.25, 0.3) is 5.56 Å². The number of benzene rings is 3. The number of nitrogens with zero attached hydrogens (tertiary/aromatic N) is 4. The van der Waals surface area contributed by atoms with Crippen LogP contribution >= 0.6 is 11.8 Å². The third kappa shape index (κ3) is 4.73. The van der Waals surface area contributed by atoms with Crippen LogP contribution in [0.1, 0.15) is 17.0 Å². The number of fused-ring (bicyclic) bond motifs is 1. The summed E-state index contributed by atoms with van der Waals surface area (Å²) in [5.74, 6) is 1.47. The molecule has 0 N–H and O–H groups in total. The molecule has 0 spiro atoms. The predicted molar refractivity (Wildman–Crippen MR) is 130 cm³/mol. The SMILES string of the molecule is Cc1ccc(-c2noc(CSc3nc4ccccc4c(=O)n3CCc3ccccc3)n2)cc1. The van der Waals surface area contributed by atoms with Gasteiger partial charge in [-0.2, -0.15) is 4.98 Å². The van der Waals surface area contributed by atoms with Crippen LogP contribution in [0.2, 0.25) is 0 Å². The summed E-state index contributed by atoms with van der Waals surface area (Å²) in [6.45, 7) is 2.58. The Morgan fingerprint density at radius 2 is 1.67 bits per heavy atom. The zero-order valence-corrected chi connectivity index (χ0v) is 19.0. The molecule has 0 atom stereocenters. The second kappa shape index (κ2) is 9.42. The molecule has 2 heterocycles. The lowest BCUT2D eigenvalue weighted by Crippen LogP contribution is -2.24. The first-order valence-electron chi connectivity index (χ1n) is 10.7. The number of thioether (sulfide) groups is 1. The smallest absolute Gasteiger partial charge is 0.262 e. The maximum absolute atomic E-state index is 13.3. The number of aromatic nitrogens is 4. The van der Waals surface area contributed by atoms with Gasteiger partial charge in [-0.15, -0.1) is 0 Å². The van der Waals surface area contributed by atoms with Crippen molar-refractivity contribution in [2.45, 2.75) is 30.8 Å². The van der Waals surface area contributed by atoms with Gasteiger partial charge in [0.15, 0.2) is 5.16 Å². The molecule has 0 unspecified atom stereocenters. The summed E-state index contributed by atoms with van der Waals surface area (Å²) in [5.41, 5.74) is 3.91. The van der Waals surface area contributed by atoms with Gasteiger partial charge in [-0.05, 0) is 31.0 Å². The maximum Gasteiger partial charge on any atom is 0.262 e. The zero-order chi connectivity index (χ0) is 22.6. The van der Waals surface area contributed by atoms with Gasteiger partial charge in [0, 0.05) is 12.1 Å². The Kier molecular flexibility index (Phi) is 6.04. The molecule has 5 rings (SSSR count). The van der Waals surface area contributed by atoms with Crippen LogP contribution in [-0.2, 0) is 18.7 Å². The van der Waals surface area contributed by atoms with E-state index in [9.17, 15) is 4.79 Å². The van der Waals surface area contributed by atoms with Crippen LogP contribution in [0.3, 0.4) is 0 Å². The van der Waals surface area contributed by atoms with E-state index in [1.165, 1.54) is 22.9 Å². The molecule has 0 amide bonds. The molecule has 0 saturated heterocycles. The number of rotatable bonds is 7. The summed E-state index contributed by atoms with van der Waals surface area (Å²) in [6, 6.07) is 25.6. The van der Waals surface area contributed by atoms with Crippen molar-refractivity contribution in [2.24, 2.45) is 0 Å².